The topological polar surface area (TPSA) is 69.7 Å². The lowest BCUT2D eigenvalue weighted by molar-refractivity contribution is -0.131. The van der Waals surface area contributed by atoms with E-state index < -0.39 is 10.0 Å². The molecule has 1 N–H and O–H groups in total. The highest BCUT2D eigenvalue weighted by molar-refractivity contribution is 7.89. The van der Waals surface area contributed by atoms with Crippen LogP contribution in [0.5, 0.6) is 0 Å². The summed E-state index contributed by atoms with van der Waals surface area (Å²) < 4.78 is 28.5. The maximum absolute atomic E-state index is 13.4. The Balaban J connectivity index is 1.73. The van der Waals surface area contributed by atoms with Gasteiger partial charge in [0.05, 0.1) is 4.90 Å². The minimum atomic E-state index is -3.61. The largest absolute Gasteiger partial charge is 0.340 e. The molecule has 1 aliphatic heterocycles. The average Bonchev–Trinajstić information content (AvgIpc) is 3.23. The molecule has 0 radical (unpaired) electrons. The first-order valence-corrected chi connectivity index (χ1v) is 12.4. The van der Waals surface area contributed by atoms with Crippen LogP contribution in [-0.2, 0) is 21.2 Å². The monoisotopic (exact) mass is 421 g/mol. The summed E-state index contributed by atoms with van der Waals surface area (Å²) in [5, 5.41) is 3.24. The zero-order valence-electron chi connectivity index (χ0n) is 17.8. The minimum Gasteiger partial charge on any atom is -0.340 e. The van der Waals surface area contributed by atoms with E-state index in [2.05, 4.69) is 19.2 Å². The van der Waals surface area contributed by atoms with Gasteiger partial charge >= 0.3 is 0 Å². The number of hydrogen-bond donors (Lipinski definition) is 1. The molecule has 1 aliphatic carbocycles. The molecule has 1 amide bonds. The molecule has 1 aromatic carbocycles. The molecule has 7 heteroatoms. The van der Waals surface area contributed by atoms with Crippen molar-refractivity contribution in [1.29, 1.82) is 0 Å². The normalized spacial score (nSPS) is 18.7. The highest BCUT2D eigenvalue weighted by atomic mass is 32.2. The molecule has 1 heterocycles. The molecular weight excluding hydrogens is 386 g/mol. The summed E-state index contributed by atoms with van der Waals surface area (Å²) in [5.74, 6) is 0.584. The summed E-state index contributed by atoms with van der Waals surface area (Å²) >= 11 is 0. The molecule has 0 aromatic heterocycles. The molecule has 1 saturated carbocycles. The Kier molecular flexibility index (Phi) is 7.71. The van der Waals surface area contributed by atoms with Crippen LogP contribution in [0.1, 0.15) is 51.5 Å². The first kappa shape index (κ1) is 22.2. The van der Waals surface area contributed by atoms with Crippen LogP contribution in [0.15, 0.2) is 29.2 Å². The molecule has 0 bridgehead atoms. The zero-order valence-corrected chi connectivity index (χ0v) is 18.6. The Labute approximate surface area is 175 Å². The minimum absolute atomic E-state index is 0.00571. The van der Waals surface area contributed by atoms with Gasteiger partial charge in [-0.05, 0) is 42.9 Å². The lowest BCUT2D eigenvalue weighted by atomic mass is 10.0. The number of hydrogen-bond acceptors (Lipinski definition) is 4. The summed E-state index contributed by atoms with van der Waals surface area (Å²) in [7, 11) is -3.61. The second kappa shape index (κ2) is 10.0. The van der Waals surface area contributed by atoms with Crippen LogP contribution in [0.2, 0.25) is 0 Å². The van der Waals surface area contributed by atoms with Crippen molar-refractivity contribution in [1.82, 2.24) is 14.5 Å². The van der Waals surface area contributed by atoms with Gasteiger partial charge in [-0.25, -0.2) is 8.42 Å². The molecule has 1 aromatic rings. The molecule has 0 spiro atoms. The van der Waals surface area contributed by atoms with Crippen molar-refractivity contribution in [2.75, 3.05) is 32.7 Å². The first-order chi connectivity index (χ1) is 13.9. The fourth-order valence-electron chi connectivity index (χ4n) is 4.37. The number of carbonyl (C=O) groups excluding carboxylic acids is 1. The molecular formula is C22H35N3O3S. The summed E-state index contributed by atoms with van der Waals surface area (Å²) in [6, 6.07) is 7.31. The number of benzene rings is 1. The Bertz CT molecular complexity index is 765. The maximum Gasteiger partial charge on any atom is 0.243 e. The molecule has 0 unspecified atom stereocenters. The average molecular weight is 422 g/mol. The van der Waals surface area contributed by atoms with Crippen LogP contribution in [0.25, 0.3) is 0 Å². The predicted molar refractivity (Wildman–Crippen MR) is 115 cm³/mol. The van der Waals surface area contributed by atoms with E-state index in [9.17, 15) is 13.2 Å². The number of rotatable bonds is 8. The smallest absolute Gasteiger partial charge is 0.243 e. The van der Waals surface area contributed by atoms with Gasteiger partial charge in [-0.2, -0.15) is 4.31 Å². The standard InChI is InChI=1S/C22H35N3O3S/c1-18(2)17-19-7-9-21(10-8-19)29(27,28)25(20-5-3-4-6-20)14-11-22(26)24-15-12-23-13-16-24/h7-10,18,20,23H,3-6,11-17H2,1-2H3. The van der Waals surface area contributed by atoms with E-state index in [-0.39, 0.29) is 24.9 Å². The van der Waals surface area contributed by atoms with Crippen molar-refractivity contribution in [3.05, 3.63) is 29.8 Å². The zero-order chi connectivity index (χ0) is 20.9. The maximum atomic E-state index is 13.4. The van der Waals surface area contributed by atoms with Crippen LogP contribution in [0.4, 0.5) is 0 Å². The summed E-state index contributed by atoms with van der Waals surface area (Å²) in [4.78, 5) is 14.8. The fourth-order valence-corrected chi connectivity index (χ4v) is 6.06. The Hall–Kier alpha value is -1.44. The first-order valence-electron chi connectivity index (χ1n) is 11.0. The highest BCUT2D eigenvalue weighted by Crippen LogP contribution is 2.29. The third-order valence-corrected chi connectivity index (χ3v) is 7.89. The number of piperazine rings is 1. The Morgan fingerprint density at radius 2 is 1.76 bits per heavy atom. The molecule has 1 saturated heterocycles. The predicted octanol–water partition coefficient (Wildman–Crippen LogP) is 2.64. The molecule has 2 aliphatic rings. The van der Waals surface area contributed by atoms with Crippen LogP contribution >= 0.6 is 0 Å². The van der Waals surface area contributed by atoms with Gasteiger partial charge in [-0.1, -0.05) is 38.8 Å². The van der Waals surface area contributed by atoms with E-state index in [0.717, 1.165) is 50.8 Å². The fraction of sp³-hybridized carbons (Fsp3) is 0.682. The van der Waals surface area contributed by atoms with Crippen molar-refractivity contribution in [3.8, 4) is 0 Å². The van der Waals surface area contributed by atoms with Gasteiger partial charge in [0, 0.05) is 45.2 Å². The van der Waals surface area contributed by atoms with E-state index >= 15 is 0 Å². The van der Waals surface area contributed by atoms with Gasteiger partial charge in [-0.3, -0.25) is 4.79 Å². The Morgan fingerprint density at radius 1 is 1.14 bits per heavy atom. The van der Waals surface area contributed by atoms with Crippen molar-refractivity contribution < 1.29 is 13.2 Å². The van der Waals surface area contributed by atoms with E-state index in [0.29, 0.717) is 23.9 Å². The lowest BCUT2D eigenvalue weighted by Gasteiger charge is -2.31. The number of sulfonamides is 1. The van der Waals surface area contributed by atoms with Gasteiger partial charge in [0.15, 0.2) is 0 Å². The summed E-state index contributed by atoms with van der Waals surface area (Å²) in [6.45, 7) is 7.59. The molecule has 0 atom stereocenters. The van der Waals surface area contributed by atoms with Crippen molar-refractivity contribution in [2.24, 2.45) is 5.92 Å². The van der Waals surface area contributed by atoms with Gasteiger partial charge in [0.2, 0.25) is 15.9 Å². The number of amides is 1. The Morgan fingerprint density at radius 3 is 2.34 bits per heavy atom. The number of nitrogens with zero attached hydrogens (tertiary/aromatic N) is 2. The third-order valence-electron chi connectivity index (χ3n) is 5.92. The number of nitrogens with one attached hydrogen (secondary N) is 1. The molecule has 6 nitrogen and oxygen atoms in total. The second-order valence-electron chi connectivity index (χ2n) is 8.68. The quantitative estimate of drug-likeness (QED) is 0.701. The number of carbonyl (C=O) groups is 1. The molecule has 2 fully saturated rings. The third kappa shape index (κ3) is 5.80. The van der Waals surface area contributed by atoms with E-state index in [1.807, 2.05) is 17.0 Å². The molecule has 29 heavy (non-hydrogen) atoms. The van der Waals surface area contributed by atoms with Crippen LogP contribution in [0, 0.1) is 5.92 Å². The second-order valence-corrected chi connectivity index (χ2v) is 10.6. The van der Waals surface area contributed by atoms with Crippen molar-refractivity contribution >= 4 is 15.9 Å². The SMILES string of the molecule is CC(C)Cc1ccc(S(=O)(=O)N(CCC(=O)N2CCNCC2)C2CCCC2)cc1. The van der Waals surface area contributed by atoms with Crippen molar-refractivity contribution in [3.63, 3.8) is 0 Å². The molecule has 162 valence electrons. The summed E-state index contributed by atoms with van der Waals surface area (Å²) in [5.41, 5.74) is 1.15. The summed E-state index contributed by atoms with van der Waals surface area (Å²) in [6.07, 6.45) is 5.05. The van der Waals surface area contributed by atoms with E-state index in [4.69, 9.17) is 0 Å². The highest BCUT2D eigenvalue weighted by Gasteiger charge is 2.34. The van der Waals surface area contributed by atoms with Gasteiger partial charge < -0.3 is 10.2 Å². The van der Waals surface area contributed by atoms with E-state index in [1.54, 1.807) is 16.4 Å². The lowest BCUT2D eigenvalue weighted by Crippen LogP contribution is -2.48. The van der Waals surface area contributed by atoms with Gasteiger partial charge in [0.1, 0.15) is 0 Å². The molecule has 3 rings (SSSR count). The van der Waals surface area contributed by atoms with Crippen LogP contribution in [-0.4, -0.2) is 62.3 Å². The van der Waals surface area contributed by atoms with Gasteiger partial charge in [0.25, 0.3) is 0 Å². The van der Waals surface area contributed by atoms with Crippen LogP contribution in [0.3, 0.4) is 0 Å². The van der Waals surface area contributed by atoms with Crippen molar-refractivity contribution in [2.45, 2.75) is 63.3 Å². The van der Waals surface area contributed by atoms with Gasteiger partial charge in [-0.15, -0.1) is 0 Å². The van der Waals surface area contributed by atoms with E-state index in [1.165, 1.54) is 0 Å². The van der Waals surface area contributed by atoms with Crippen LogP contribution < -0.4 is 5.32 Å².